The molecule has 1 fully saturated rings. The second-order valence-electron chi connectivity index (χ2n) is 5.90. The monoisotopic (exact) mass is 378 g/mol. The van der Waals surface area contributed by atoms with Gasteiger partial charge in [-0.05, 0) is 36.9 Å². The average molecular weight is 379 g/mol. The molecule has 2 heterocycles. The first-order chi connectivity index (χ1) is 12.1. The van der Waals surface area contributed by atoms with E-state index in [0.717, 1.165) is 38.4 Å². The van der Waals surface area contributed by atoms with Crippen LogP contribution in [0.5, 0.6) is 0 Å². The summed E-state index contributed by atoms with van der Waals surface area (Å²) in [6.07, 6.45) is 1.67. The van der Waals surface area contributed by atoms with Crippen LogP contribution in [0.3, 0.4) is 0 Å². The van der Waals surface area contributed by atoms with Crippen molar-refractivity contribution >= 4 is 40.5 Å². The number of amides is 1. The van der Waals surface area contributed by atoms with Gasteiger partial charge in [0.05, 0.1) is 10.7 Å². The minimum atomic E-state index is -0.293. The van der Waals surface area contributed by atoms with Gasteiger partial charge in [-0.25, -0.2) is 0 Å². The van der Waals surface area contributed by atoms with Gasteiger partial charge in [-0.15, -0.1) is 0 Å². The fourth-order valence-corrected chi connectivity index (χ4v) is 3.30. The fourth-order valence-electron chi connectivity index (χ4n) is 2.84. The molecule has 0 radical (unpaired) electrons. The van der Waals surface area contributed by atoms with E-state index in [1.54, 1.807) is 24.4 Å². The van der Waals surface area contributed by atoms with Crippen molar-refractivity contribution in [2.75, 3.05) is 42.9 Å². The van der Waals surface area contributed by atoms with Gasteiger partial charge in [-0.2, -0.15) is 0 Å². The van der Waals surface area contributed by atoms with Crippen molar-refractivity contribution in [1.82, 2.24) is 9.88 Å². The third kappa shape index (κ3) is 4.42. The number of nitrogens with zero attached hydrogens (tertiary/aromatic N) is 3. The normalized spacial score (nSPS) is 15.2. The van der Waals surface area contributed by atoms with Gasteiger partial charge < -0.3 is 15.1 Å². The number of hydrogen-bond acceptors (Lipinski definition) is 4. The van der Waals surface area contributed by atoms with E-state index in [-0.39, 0.29) is 5.91 Å². The zero-order chi connectivity index (χ0) is 17.8. The Morgan fingerprint density at radius 3 is 2.60 bits per heavy atom. The number of pyridine rings is 1. The second kappa shape index (κ2) is 8.04. The van der Waals surface area contributed by atoms with Crippen LogP contribution in [0.25, 0.3) is 0 Å². The first-order valence-corrected chi connectivity index (χ1v) is 9.02. The molecule has 0 unspecified atom stereocenters. The van der Waals surface area contributed by atoms with E-state index in [1.807, 2.05) is 12.1 Å². The molecule has 0 spiro atoms. The number of aromatic nitrogens is 1. The summed E-state index contributed by atoms with van der Waals surface area (Å²) in [6, 6.07) is 8.71. The molecule has 2 aromatic rings. The summed E-state index contributed by atoms with van der Waals surface area (Å²) in [5.41, 5.74) is 1.89. The molecular formula is C18H20Cl2N4O. The Morgan fingerprint density at radius 1 is 1.16 bits per heavy atom. The van der Waals surface area contributed by atoms with Crippen LogP contribution in [-0.2, 0) is 0 Å². The number of benzene rings is 1. The van der Waals surface area contributed by atoms with Crippen molar-refractivity contribution in [3.8, 4) is 0 Å². The number of piperazine rings is 1. The van der Waals surface area contributed by atoms with Crippen molar-refractivity contribution in [3.05, 3.63) is 52.3 Å². The molecule has 1 amide bonds. The third-order valence-corrected chi connectivity index (χ3v) is 4.89. The van der Waals surface area contributed by atoms with Gasteiger partial charge in [0, 0.05) is 43.1 Å². The summed E-state index contributed by atoms with van der Waals surface area (Å²) in [5, 5.41) is 3.70. The third-order valence-electron chi connectivity index (χ3n) is 4.34. The highest BCUT2D eigenvalue weighted by Gasteiger charge is 2.18. The van der Waals surface area contributed by atoms with Gasteiger partial charge >= 0.3 is 0 Å². The maximum atomic E-state index is 12.5. The topological polar surface area (TPSA) is 48.5 Å². The average Bonchev–Trinajstić information content (AvgIpc) is 2.64. The van der Waals surface area contributed by atoms with E-state index < -0.39 is 0 Å². The number of carbonyl (C=O) groups excluding carboxylic acids is 1. The van der Waals surface area contributed by atoms with E-state index in [4.69, 9.17) is 23.2 Å². The molecule has 1 saturated heterocycles. The predicted octanol–water partition coefficient (Wildman–Crippen LogP) is 3.78. The van der Waals surface area contributed by atoms with Gasteiger partial charge in [0.15, 0.2) is 0 Å². The molecule has 5 nitrogen and oxygen atoms in total. The van der Waals surface area contributed by atoms with Gasteiger partial charge in [0.25, 0.3) is 5.91 Å². The summed E-state index contributed by atoms with van der Waals surface area (Å²) in [6.45, 7) is 7.19. The number of nitrogens with one attached hydrogen (secondary N) is 1. The molecule has 1 aliphatic heterocycles. The Hall–Kier alpha value is -1.82. The van der Waals surface area contributed by atoms with E-state index in [0.29, 0.717) is 21.4 Å². The summed E-state index contributed by atoms with van der Waals surface area (Å²) in [4.78, 5) is 21.4. The van der Waals surface area contributed by atoms with Crippen LogP contribution in [0.4, 0.5) is 11.4 Å². The molecule has 1 aliphatic rings. The van der Waals surface area contributed by atoms with Gasteiger partial charge in [-0.1, -0.05) is 30.1 Å². The minimum absolute atomic E-state index is 0.293. The largest absolute Gasteiger partial charge is 0.369 e. The summed E-state index contributed by atoms with van der Waals surface area (Å²) in [5.74, 6) is -0.293. The van der Waals surface area contributed by atoms with Crippen molar-refractivity contribution in [1.29, 1.82) is 0 Å². The van der Waals surface area contributed by atoms with E-state index in [1.165, 1.54) is 0 Å². The van der Waals surface area contributed by atoms with Crippen LogP contribution >= 0.6 is 23.2 Å². The standard InChI is InChI=1S/C18H20Cl2N4O/c1-2-23-7-9-24(10-8-23)14-5-6-21-17(12-14)18(25)22-16-4-3-13(19)11-15(16)20/h3-6,11-12H,2,7-10H2,1H3,(H,22,25). The highest BCUT2D eigenvalue weighted by molar-refractivity contribution is 6.36. The van der Waals surface area contributed by atoms with Gasteiger partial charge in [0.2, 0.25) is 0 Å². The van der Waals surface area contributed by atoms with Crippen LogP contribution in [0.1, 0.15) is 17.4 Å². The Morgan fingerprint density at radius 2 is 1.92 bits per heavy atom. The summed E-state index contributed by atoms with van der Waals surface area (Å²) < 4.78 is 0. The lowest BCUT2D eigenvalue weighted by Crippen LogP contribution is -2.46. The molecule has 1 aromatic carbocycles. The number of likely N-dealkylation sites (N-methyl/N-ethyl adjacent to an activating group) is 1. The molecule has 0 atom stereocenters. The number of rotatable bonds is 4. The highest BCUT2D eigenvalue weighted by Crippen LogP contribution is 2.26. The van der Waals surface area contributed by atoms with Crippen LogP contribution in [0.2, 0.25) is 10.0 Å². The number of hydrogen-bond donors (Lipinski definition) is 1. The lowest BCUT2D eigenvalue weighted by molar-refractivity contribution is 0.102. The van der Waals surface area contributed by atoms with Crippen molar-refractivity contribution in [2.45, 2.75) is 6.92 Å². The molecule has 0 bridgehead atoms. The summed E-state index contributed by atoms with van der Waals surface area (Å²) >= 11 is 12.0. The molecule has 132 valence electrons. The maximum absolute atomic E-state index is 12.5. The quantitative estimate of drug-likeness (QED) is 0.879. The van der Waals surface area contributed by atoms with Gasteiger partial charge in [0.1, 0.15) is 5.69 Å². The van der Waals surface area contributed by atoms with Crippen molar-refractivity contribution < 1.29 is 4.79 Å². The van der Waals surface area contributed by atoms with Crippen LogP contribution < -0.4 is 10.2 Å². The Bertz CT molecular complexity index is 760. The molecule has 3 rings (SSSR count). The summed E-state index contributed by atoms with van der Waals surface area (Å²) in [7, 11) is 0. The SMILES string of the molecule is CCN1CCN(c2ccnc(C(=O)Nc3ccc(Cl)cc3Cl)c2)CC1. The van der Waals surface area contributed by atoms with Crippen molar-refractivity contribution in [2.24, 2.45) is 0 Å². The van der Waals surface area contributed by atoms with E-state index in [2.05, 4.69) is 27.0 Å². The molecule has 0 aliphatic carbocycles. The van der Waals surface area contributed by atoms with E-state index >= 15 is 0 Å². The smallest absolute Gasteiger partial charge is 0.274 e. The van der Waals surface area contributed by atoms with Crippen LogP contribution in [0.15, 0.2) is 36.5 Å². The van der Waals surface area contributed by atoms with Crippen molar-refractivity contribution in [3.63, 3.8) is 0 Å². The first kappa shape index (κ1) is 18.0. The van der Waals surface area contributed by atoms with Crippen LogP contribution in [0, 0.1) is 0 Å². The highest BCUT2D eigenvalue weighted by atomic mass is 35.5. The molecule has 1 N–H and O–H groups in total. The van der Waals surface area contributed by atoms with Gasteiger partial charge in [-0.3, -0.25) is 9.78 Å². The lowest BCUT2D eigenvalue weighted by Gasteiger charge is -2.35. The number of carbonyl (C=O) groups is 1. The lowest BCUT2D eigenvalue weighted by atomic mass is 10.2. The Labute approximate surface area is 157 Å². The minimum Gasteiger partial charge on any atom is -0.369 e. The maximum Gasteiger partial charge on any atom is 0.274 e. The van der Waals surface area contributed by atoms with Crippen LogP contribution in [-0.4, -0.2) is 48.5 Å². The predicted molar refractivity (Wildman–Crippen MR) is 103 cm³/mol. The second-order valence-corrected chi connectivity index (χ2v) is 6.74. The Balaban J connectivity index is 1.71. The molecule has 1 aromatic heterocycles. The van der Waals surface area contributed by atoms with E-state index in [9.17, 15) is 4.79 Å². The Kier molecular flexibility index (Phi) is 5.78. The number of anilines is 2. The zero-order valence-corrected chi connectivity index (χ0v) is 15.5. The molecular weight excluding hydrogens is 359 g/mol. The number of halogens is 2. The first-order valence-electron chi connectivity index (χ1n) is 8.26. The molecule has 0 saturated carbocycles. The fraction of sp³-hybridized carbons (Fsp3) is 0.333. The zero-order valence-electron chi connectivity index (χ0n) is 14.0. The molecule has 7 heteroatoms. The molecule has 25 heavy (non-hydrogen) atoms.